The van der Waals surface area contributed by atoms with Gasteiger partial charge in [0.15, 0.2) is 0 Å². The summed E-state index contributed by atoms with van der Waals surface area (Å²) in [7, 11) is 0. The molecule has 0 aliphatic rings. The normalized spacial score (nSPS) is 10.5. The monoisotopic (exact) mass is 339 g/mol. The van der Waals surface area contributed by atoms with Crippen LogP contribution in [0.1, 0.15) is 18.1 Å². The molecule has 1 aromatic carbocycles. The predicted molar refractivity (Wildman–Crippen MR) is 78.3 cm³/mol. The van der Waals surface area contributed by atoms with Crippen LogP contribution < -0.4 is 5.56 Å². The van der Waals surface area contributed by atoms with E-state index < -0.39 is 0 Å². The van der Waals surface area contributed by atoms with Crippen molar-refractivity contribution in [2.75, 3.05) is 0 Å². The summed E-state index contributed by atoms with van der Waals surface area (Å²) in [6.07, 6.45) is 2.88. The van der Waals surface area contributed by atoms with Crippen LogP contribution in [-0.2, 0) is 13.0 Å². The van der Waals surface area contributed by atoms with E-state index in [9.17, 15) is 4.79 Å². The van der Waals surface area contributed by atoms with Crippen LogP contribution in [0.2, 0.25) is 0 Å². The van der Waals surface area contributed by atoms with Gasteiger partial charge in [-0.1, -0.05) is 31.2 Å². The number of aryl methyl sites for hydroxylation is 1. The van der Waals surface area contributed by atoms with Crippen LogP contribution in [0.25, 0.3) is 0 Å². The standard InChI is InChI=1S/C14H14INO/c1-2-11-5-7-12(8-6-11)10-16-9-3-4-13(15)14(16)17/h3-9H,2,10H2,1H3. The van der Waals surface area contributed by atoms with E-state index in [1.54, 1.807) is 4.57 Å². The van der Waals surface area contributed by atoms with Gasteiger partial charge in [-0.15, -0.1) is 0 Å². The highest BCUT2D eigenvalue weighted by molar-refractivity contribution is 14.1. The first-order chi connectivity index (χ1) is 8.20. The first-order valence-corrected chi connectivity index (χ1v) is 6.71. The second kappa shape index (κ2) is 5.49. The highest BCUT2D eigenvalue weighted by atomic mass is 127. The van der Waals surface area contributed by atoms with E-state index in [1.807, 2.05) is 18.3 Å². The number of nitrogens with zero attached hydrogens (tertiary/aromatic N) is 1. The molecule has 2 aromatic rings. The SMILES string of the molecule is CCc1ccc(Cn2cccc(I)c2=O)cc1. The highest BCUT2D eigenvalue weighted by Crippen LogP contribution is 2.06. The zero-order chi connectivity index (χ0) is 12.3. The minimum absolute atomic E-state index is 0.0765. The zero-order valence-electron chi connectivity index (χ0n) is 9.69. The van der Waals surface area contributed by atoms with Crippen molar-refractivity contribution in [2.45, 2.75) is 19.9 Å². The van der Waals surface area contributed by atoms with Gasteiger partial charge in [-0.3, -0.25) is 4.79 Å². The molecule has 0 amide bonds. The van der Waals surface area contributed by atoms with E-state index in [-0.39, 0.29) is 5.56 Å². The largest absolute Gasteiger partial charge is 0.310 e. The number of pyridine rings is 1. The van der Waals surface area contributed by atoms with Gasteiger partial charge >= 0.3 is 0 Å². The minimum atomic E-state index is 0.0765. The van der Waals surface area contributed by atoms with Crippen LogP contribution >= 0.6 is 22.6 Å². The number of hydrogen-bond acceptors (Lipinski definition) is 1. The third kappa shape index (κ3) is 2.97. The fourth-order valence-corrected chi connectivity index (χ4v) is 2.23. The van der Waals surface area contributed by atoms with Crippen LogP contribution in [0.3, 0.4) is 0 Å². The van der Waals surface area contributed by atoms with Gasteiger partial charge in [0.1, 0.15) is 0 Å². The van der Waals surface area contributed by atoms with Gasteiger partial charge in [0.25, 0.3) is 5.56 Å². The Morgan fingerprint density at radius 1 is 1.12 bits per heavy atom. The number of halogens is 1. The molecule has 0 aliphatic carbocycles. The summed E-state index contributed by atoms with van der Waals surface area (Å²) in [6.45, 7) is 2.78. The third-order valence-corrected chi connectivity index (χ3v) is 3.58. The lowest BCUT2D eigenvalue weighted by atomic mass is 10.1. The van der Waals surface area contributed by atoms with Gasteiger partial charge in [0.05, 0.1) is 10.1 Å². The van der Waals surface area contributed by atoms with E-state index >= 15 is 0 Å². The van der Waals surface area contributed by atoms with Crippen LogP contribution in [0, 0.1) is 3.57 Å². The summed E-state index contributed by atoms with van der Waals surface area (Å²) in [5, 5.41) is 0. The molecular weight excluding hydrogens is 325 g/mol. The number of benzene rings is 1. The third-order valence-electron chi connectivity index (χ3n) is 2.76. The summed E-state index contributed by atoms with van der Waals surface area (Å²) in [5.41, 5.74) is 2.56. The summed E-state index contributed by atoms with van der Waals surface area (Å²) in [4.78, 5) is 11.9. The van der Waals surface area contributed by atoms with Gasteiger partial charge < -0.3 is 4.57 Å². The highest BCUT2D eigenvalue weighted by Gasteiger charge is 2.00. The van der Waals surface area contributed by atoms with Crippen LogP contribution in [0.5, 0.6) is 0 Å². The average molecular weight is 339 g/mol. The fourth-order valence-electron chi connectivity index (χ4n) is 1.71. The molecule has 0 fully saturated rings. The molecule has 2 rings (SSSR count). The van der Waals surface area contributed by atoms with E-state index in [2.05, 4.69) is 53.8 Å². The van der Waals surface area contributed by atoms with E-state index in [0.717, 1.165) is 15.6 Å². The quantitative estimate of drug-likeness (QED) is 0.788. The van der Waals surface area contributed by atoms with Crippen molar-refractivity contribution in [1.29, 1.82) is 0 Å². The topological polar surface area (TPSA) is 22.0 Å². The van der Waals surface area contributed by atoms with Gasteiger partial charge in [-0.05, 0) is 52.3 Å². The lowest BCUT2D eigenvalue weighted by Gasteiger charge is -2.06. The Hall–Kier alpha value is -1.10. The second-order valence-corrected chi connectivity index (χ2v) is 5.12. The smallest absolute Gasteiger partial charge is 0.264 e. The molecule has 1 aromatic heterocycles. The Morgan fingerprint density at radius 2 is 1.76 bits per heavy atom. The fraction of sp³-hybridized carbons (Fsp3) is 0.214. The molecule has 0 bridgehead atoms. The van der Waals surface area contributed by atoms with Crippen molar-refractivity contribution in [1.82, 2.24) is 4.57 Å². The molecule has 0 radical (unpaired) electrons. The van der Waals surface area contributed by atoms with E-state index in [1.165, 1.54) is 5.56 Å². The first-order valence-electron chi connectivity index (χ1n) is 5.63. The maximum absolute atomic E-state index is 11.9. The van der Waals surface area contributed by atoms with Crippen molar-refractivity contribution in [3.63, 3.8) is 0 Å². The number of rotatable bonds is 3. The lowest BCUT2D eigenvalue weighted by molar-refractivity contribution is 0.754. The molecule has 88 valence electrons. The van der Waals surface area contributed by atoms with Gasteiger partial charge in [-0.25, -0.2) is 0 Å². The average Bonchev–Trinajstić information content (AvgIpc) is 2.36. The van der Waals surface area contributed by atoms with Crippen LogP contribution in [0.4, 0.5) is 0 Å². The Kier molecular flexibility index (Phi) is 3.99. The van der Waals surface area contributed by atoms with E-state index in [0.29, 0.717) is 6.54 Å². The van der Waals surface area contributed by atoms with Crippen molar-refractivity contribution >= 4 is 22.6 Å². The van der Waals surface area contributed by atoms with Crippen molar-refractivity contribution < 1.29 is 0 Å². The molecule has 0 saturated heterocycles. The number of hydrogen-bond donors (Lipinski definition) is 0. The summed E-state index contributed by atoms with van der Waals surface area (Å²) >= 11 is 2.07. The molecule has 3 heteroatoms. The molecule has 0 aliphatic heterocycles. The molecule has 1 heterocycles. The molecule has 0 spiro atoms. The Balaban J connectivity index is 2.25. The maximum Gasteiger partial charge on any atom is 0.264 e. The first kappa shape index (κ1) is 12.4. The van der Waals surface area contributed by atoms with E-state index in [4.69, 9.17) is 0 Å². The van der Waals surface area contributed by atoms with Gasteiger partial charge in [0, 0.05) is 6.20 Å². The Bertz CT molecular complexity index is 557. The molecule has 0 unspecified atom stereocenters. The van der Waals surface area contributed by atoms with Gasteiger partial charge in [0.2, 0.25) is 0 Å². The molecule has 17 heavy (non-hydrogen) atoms. The summed E-state index contributed by atoms with van der Waals surface area (Å²) in [5.74, 6) is 0. The molecule has 0 N–H and O–H groups in total. The molecule has 0 saturated carbocycles. The Labute approximate surface area is 114 Å². The zero-order valence-corrected chi connectivity index (χ0v) is 11.8. The lowest BCUT2D eigenvalue weighted by Crippen LogP contribution is -2.21. The van der Waals surface area contributed by atoms with Crippen LogP contribution in [-0.4, -0.2) is 4.57 Å². The Morgan fingerprint density at radius 3 is 2.41 bits per heavy atom. The molecular formula is C14H14INO. The summed E-state index contributed by atoms with van der Waals surface area (Å²) in [6, 6.07) is 12.2. The van der Waals surface area contributed by atoms with Crippen molar-refractivity contribution in [2.24, 2.45) is 0 Å². The minimum Gasteiger partial charge on any atom is -0.310 e. The van der Waals surface area contributed by atoms with Crippen molar-refractivity contribution in [3.05, 3.63) is 67.6 Å². The predicted octanol–water partition coefficient (Wildman–Crippen LogP) is 3.06. The second-order valence-electron chi connectivity index (χ2n) is 3.96. The number of aromatic nitrogens is 1. The molecule has 0 atom stereocenters. The van der Waals surface area contributed by atoms with Gasteiger partial charge in [-0.2, -0.15) is 0 Å². The van der Waals surface area contributed by atoms with Crippen molar-refractivity contribution in [3.8, 4) is 0 Å². The molecule has 2 nitrogen and oxygen atoms in total. The summed E-state index contributed by atoms with van der Waals surface area (Å²) < 4.78 is 2.50. The van der Waals surface area contributed by atoms with Crippen LogP contribution in [0.15, 0.2) is 47.4 Å². The maximum atomic E-state index is 11.9.